The summed E-state index contributed by atoms with van der Waals surface area (Å²) in [6.07, 6.45) is 43.8. The van der Waals surface area contributed by atoms with E-state index in [9.17, 15) is 28.9 Å². The van der Waals surface area contributed by atoms with Crippen molar-refractivity contribution in [1.82, 2.24) is 0 Å². The number of esters is 2. The quantitative estimate of drug-likeness (QED) is 0.0197. The molecule has 0 aromatic carbocycles. The summed E-state index contributed by atoms with van der Waals surface area (Å²) in [6.45, 7) is 2.45. The second-order valence-corrected chi connectivity index (χ2v) is 16.4. The number of rotatable bonds is 41. The minimum atomic E-state index is -4.74. The number of carbonyl (C=O) groups excluding carboxylic acids is 2. The summed E-state index contributed by atoms with van der Waals surface area (Å²) in [5.41, 5.74) is 5.33. The number of aliphatic carboxylic acids is 1. The van der Waals surface area contributed by atoms with Gasteiger partial charge in [0.25, 0.3) is 0 Å². The molecule has 0 saturated carbocycles. The number of carbonyl (C=O) groups is 3. The van der Waals surface area contributed by atoms with Gasteiger partial charge in [0.15, 0.2) is 6.10 Å². The van der Waals surface area contributed by atoms with Gasteiger partial charge in [-0.1, -0.05) is 139 Å². The Morgan fingerprint density at radius 2 is 1.05 bits per heavy atom. The molecule has 0 bridgehead atoms. The zero-order valence-corrected chi connectivity index (χ0v) is 37.3. The molecule has 0 heterocycles. The lowest BCUT2D eigenvalue weighted by Crippen LogP contribution is -2.34. The number of aliphatic hydroxyl groups is 1. The average molecular weight is 854 g/mol. The molecule has 0 spiro atoms. The third-order valence-corrected chi connectivity index (χ3v) is 10.4. The highest BCUT2D eigenvalue weighted by molar-refractivity contribution is 7.47. The van der Waals surface area contributed by atoms with Crippen molar-refractivity contribution in [2.45, 2.75) is 193 Å². The van der Waals surface area contributed by atoms with E-state index in [1.807, 2.05) is 19.1 Å². The Labute approximate surface area is 356 Å². The normalized spacial score (nSPS) is 14.8. The van der Waals surface area contributed by atoms with Crippen LogP contribution in [-0.2, 0) is 37.5 Å². The number of unbranched alkanes of at least 4 members (excludes halogenated alkanes) is 14. The van der Waals surface area contributed by atoms with E-state index in [1.54, 1.807) is 0 Å². The number of hydrogen-bond donors (Lipinski definition) is 4. The van der Waals surface area contributed by atoms with Gasteiger partial charge in [0.1, 0.15) is 12.6 Å². The highest BCUT2D eigenvalue weighted by Crippen LogP contribution is 2.43. The predicted molar refractivity (Wildman–Crippen MR) is 237 cm³/mol. The minimum Gasteiger partial charge on any atom is -0.480 e. The van der Waals surface area contributed by atoms with Crippen molar-refractivity contribution in [3.05, 3.63) is 60.8 Å². The summed E-state index contributed by atoms with van der Waals surface area (Å²) in [5, 5.41) is 18.5. The number of ether oxygens (including phenoxy) is 2. The molecule has 0 fully saturated rings. The number of carboxylic acid groups (broad SMARTS) is 1. The van der Waals surface area contributed by atoms with E-state index < -0.39 is 51.1 Å². The first-order valence-corrected chi connectivity index (χ1v) is 23.9. The Morgan fingerprint density at radius 3 is 1.61 bits per heavy atom. The van der Waals surface area contributed by atoms with Gasteiger partial charge in [-0.25, -0.2) is 4.57 Å². The molecule has 340 valence electrons. The maximum absolute atomic E-state index is 12.6. The van der Waals surface area contributed by atoms with Crippen molar-refractivity contribution >= 4 is 25.7 Å². The van der Waals surface area contributed by atoms with E-state index >= 15 is 0 Å². The lowest BCUT2D eigenvalue weighted by atomic mass is 10.1. The third kappa shape index (κ3) is 40.3. The van der Waals surface area contributed by atoms with Gasteiger partial charge in [0.05, 0.1) is 19.3 Å². The summed E-state index contributed by atoms with van der Waals surface area (Å²) in [6, 6.07) is -1.54. The SMILES string of the molecule is CCCCCCCC/C=C\CCCCCCCCCC(=O)OC[C@H](COP(=O)(O)OC[C@H](N)C(=O)O)OC(=O)CCC/C=C\C/C=C\C/C=C\C/C=C\CC[C@H](O)CC. The lowest BCUT2D eigenvalue weighted by molar-refractivity contribution is -0.161. The maximum atomic E-state index is 12.6. The molecule has 1 unspecified atom stereocenters. The number of phosphoric acid groups is 1. The van der Waals surface area contributed by atoms with Crippen molar-refractivity contribution < 1.29 is 52.6 Å². The van der Waals surface area contributed by atoms with Crippen LogP contribution < -0.4 is 5.73 Å². The van der Waals surface area contributed by atoms with Gasteiger partial charge in [0, 0.05) is 12.8 Å². The number of carboxylic acids is 1. The molecule has 0 aliphatic heterocycles. The van der Waals surface area contributed by atoms with Gasteiger partial charge < -0.3 is 30.3 Å². The first-order chi connectivity index (χ1) is 28.5. The molecule has 0 rings (SSSR count). The van der Waals surface area contributed by atoms with Crippen LogP contribution >= 0.6 is 7.82 Å². The zero-order valence-electron chi connectivity index (χ0n) is 36.4. The molecule has 0 aliphatic rings. The molecule has 0 saturated heterocycles. The highest BCUT2D eigenvalue weighted by atomic mass is 31.2. The maximum Gasteiger partial charge on any atom is 0.472 e. The predicted octanol–water partition coefficient (Wildman–Crippen LogP) is 10.9. The van der Waals surface area contributed by atoms with Crippen LogP contribution in [0.2, 0.25) is 0 Å². The largest absolute Gasteiger partial charge is 0.480 e. The summed E-state index contributed by atoms with van der Waals surface area (Å²) in [5.74, 6) is -2.48. The molecule has 4 atom stereocenters. The molecule has 12 nitrogen and oxygen atoms in total. The van der Waals surface area contributed by atoms with Crippen LogP contribution in [0.15, 0.2) is 60.8 Å². The topological polar surface area (TPSA) is 192 Å². The number of aliphatic hydroxyl groups excluding tert-OH is 1. The van der Waals surface area contributed by atoms with Crippen molar-refractivity contribution in [3.63, 3.8) is 0 Å². The Kier molecular flexibility index (Phi) is 38.6. The van der Waals surface area contributed by atoms with Crippen molar-refractivity contribution in [2.75, 3.05) is 19.8 Å². The van der Waals surface area contributed by atoms with Gasteiger partial charge in [-0.2, -0.15) is 0 Å². The van der Waals surface area contributed by atoms with Gasteiger partial charge in [0.2, 0.25) is 0 Å². The number of hydrogen-bond acceptors (Lipinski definition) is 10. The Hall–Kier alpha value is -2.86. The fourth-order valence-corrected chi connectivity index (χ4v) is 6.46. The fourth-order valence-electron chi connectivity index (χ4n) is 5.68. The van der Waals surface area contributed by atoms with E-state index in [0.29, 0.717) is 19.3 Å². The number of phosphoric ester groups is 1. The summed E-state index contributed by atoms with van der Waals surface area (Å²) in [7, 11) is -4.74. The standard InChI is InChI=1S/C46H80NO11P/c1-3-5-6-7-8-9-10-11-12-13-14-18-21-24-27-30-33-36-44(49)55-38-42(39-56-59(53,54)57-40-43(47)46(51)52)58-45(50)37-34-31-28-25-22-19-16-15-17-20-23-26-29-32-35-41(48)4-2/h11-12,16-17,19-20,25-26,28-29,41-43,48H,3-10,13-15,18,21-24,27,30-40,47H2,1-2H3,(H,51,52)(H,53,54)/b12-11-,19-16-,20-17-,28-25-,29-26-/t41-,42-,43+/m1/s1. The summed E-state index contributed by atoms with van der Waals surface area (Å²) in [4.78, 5) is 46.0. The first-order valence-electron chi connectivity index (χ1n) is 22.4. The van der Waals surface area contributed by atoms with Crippen LogP contribution in [0.3, 0.4) is 0 Å². The monoisotopic (exact) mass is 854 g/mol. The van der Waals surface area contributed by atoms with Gasteiger partial charge in [-0.3, -0.25) is 23.4 Å². The lowest BCUT2D eigenvalue weighted by Gasteiger charge is -2.20. The Balaban J connectivity index is 4.46. The first kappa shape index (κ1) is 56.1. The second kappa shape index (κ2) is 40.5. The third-order valence-electron chi connectivity index (χ3n) is 9.40. The van der Waals surface area contributed by atoms with Crippen molar-refractivity contribution in [3.8, 4) is 0 Å². The van der Waals surface area contributed by atoms with Gasteiger partial charge in [-0.05, 0) is 83.5 Å². The summed E-state index contributed by atoms with van der Waals surface area (Å²) < 4.78 is 32.6. The number of nitrogens with two attached hydrogens (primary N) is 1. The minimum absolute atomic E-state index is 0.0692. The van der Waals surface area contributed by atoms with Crippen molar-refractivity contribution in [1.29, 1.82) is 0 Å². The molecular weight excluding hydrogens is 773 g/mol. The van der Waals surface area contributed by atoms with E-state index in [1.165, 1.54) is 64.2 Å². The van der Waals surface area contributed by atoms with Crippen LogP contribution in [0.1, 0.15) is 174 Å². The number of allylic oxidation sites excluding steroid dienone is 10. The van der Waals surface area contributed by atoms with Gasteiger partial charge in [-0.15, -0.1) is 0 Å². The Bertz CT molecular complexity index is 1250. The molecule has 5 N–H and O–H groups in total. The molecule has 0 aromatic heterocycles. The van der Waals surface area contributed by atoms with E-state index in [-0.39, 0.29) is 25.6 Å². The van der Waals surface area contributed by atoms with Crippen LogP contribution in [0, 0.1) is 0 Å². The molecule has 0 radical (unpaired) electrons. The Morgan fingerprint density at radius 1 is 0.593 bits per heavy atom. The van der Waals surface area contributed by atoms with E-state index in [4.69, 9.17) is 24.8 Å². The van der Waals surface area contributed by atoms with Gasteiger partial charge >= 0.3 is 25.7 Å². The van der Waals surface area contributed by atoms with Crippen LogP contribution in [-0.4, -0.2) is 71.1 Å². The van der Waals surface area contributed by atoms with Crippen LogP contribution in [0.5, 0.6) is 0 Å². The molecule has 0 aromatic rings. The molecule has 0 amide bonds. The molecule has 59 heavy (non-hydrogen) atoms. The van der Waals surface area contributed by atoms with Crippen LogP contribution in [0.4, 0.5) is 0 Å². The zero-order chi connectivity index (χ0) is 43.7. The van der Waals surface area contributed by atoms with Crippen molar-refractivity contribution in [2.24, 2.45) is 5.73 Å². The van der Waals surface area contributed by atoms with Crippen LogP contribution in [0.25, 0.3) is 0 Å². The van der Waals surface area contributed by atoms with E-state index in [0.717, 1.165) is 64.2 Å². The highest BCUT2D eigenvalue weighted by Gasteiger charge is 2.28. The smallest absolute Gasteiger partial charge is 0.472 e. The molecule has 13 heteroatoms. The molecule has 0 aliphatic carbocycles. The average Bonchev–Trinajstić information content (AvgIpc) is 3.21. The van der Waals surface area contributed by atoms with E-state index in [2.05, 4.69) is 60.1 Å². The fraction of sp³-hybridized carbons (Fsp3) is 0.717. The second-order valence-electron chi connectivity index (χ2n) is 15.0. The summed E-state index contributed by atoms with van der Waals surface area (Å²) >= 11 is 0. The molecular formula is C46H80NO11P.